The molecule has 0 unspecified atom stereocenters. The predicted molar refractivity (Wildman–Crippen MR) is 119 cm³/mol. The van der Waals surface area contributed by atoms with Crippen LogP contribution in [0.25, 0.3) is 6.08 Å². The number of halogens is 1. The van der Waals surface area contributed by atoms with Crippen LogP contribution in [-0.2, 0) is 9.53 Å². The Hall–Kier alpha value is -2.09. The smallest absolute Gasteiger partial charge is 0.266 e. The van der Waals surface area contributed by atoms with Crippen LogP contribution in [0, 0.1) is 0 Å². The highest BCUT2D eigenvalue weighted by atomic mass is 79.9. The van der Waals surface area contributed by atoms with E-state index in [-0.39, 0.29) is 5.91 Å². The molecule has 2 saturated heterocycles. The number of thioether (sulfide) groups is 1. The van der Waals surface area contributed by atoms with Gasteiger partial charge in [-0.05, 0) is 59.8 Å². The van der Waals surface area contributed by atoms with Gasteiger partial charge < -0.3 is 9.64 Å². The van der Waals surface area contributed by atoms with Gasteiger partial charge in [0.25, 0.3) is 5.91 Å². The molecule has 2 aromatic carbocycles. The second-order valence-electron chi connectivity index (χ2n) is 6.54. The van der Waals surface area contributed by atoms with Gasteiger partial charge in [0.05, 0.1) is 23.8 Å². The van der Waals surface area contributed by atoms with Crippen molar-refractivity contribution in [2.45, 2.75) is 0 Å². The van der Waals surface area contributed by atoms with Gasteiger partial charge in [-0.3, -0.25) is 9.69 Å². The van der Waals surface area contributed by atoms with Crippen molar-refractivity contribution >= 4 is 56.2 Å². The molecule has 0 spiro atoms. The van der Waals surface area contributed by atoms with Crippen molar-refractivity contribution in [1.29, 1.82) is 0 Å². The summed E-state index contributed by atoms with van der Waals surface area (Å²) < 4.78 is 6.42. The molecule has 0 aromatic heterocycles. The quantitative estimate of drug-likeness (QED) is 0.635. The third-order valence-corrected chi connectivity index (χ3v) is 6.21. The van der Waals surface area contributed by atoms with Crippen LogP contribution in [0.1, 0.15) is 5.56 Å². The number of carbonyl (C=O) groups is 1. The van der Waals surface area contributed by atoms with Crippen molar-refractivity contribution in [3.63, 3.8) is 0 Å². The molecule has 1 amide bonds. The summed E-state index contributed by atoms with van der Waals surface area (Å²) in [6.07, 6.45) is 1.90. The molecule has 0 saturated carbocycles. The van der Waals surface area contributed by atoms with Crippen LogP contribution in [0.3, 0.4) is 0 Å². The van der Waals surface area contributed by atoms with Gasteiger partial charge >= 0.3 is 0 Å². The monoisotopic (exact) mass is 457 g/mol. The lowest BCUT2D eigenvalue weighted by Gasteiger charge is -2.28. The lowest BCUT2D eigenvalue weighted by molar-refractivity contribution is -0.121. The Labute approximate surface area is 177 Å². The third kappa shape index (κ3) is 4.32. The van der Waals surface area contributed by atoms with Crippen molar-refractivity contribution in [2.24, 2.45) is 4.99 Å². The number of amides is 1. The molecule has 2 heterocycles. The van der Waals surface area contributed by atoms with E-state index in [4.69, 9.17) is 4.74 Å². The number of nitrogens with zero attached hydrogens (tertiary/aromatic N) is 3. The van der Waals surface area contributed by atoms with E-state index in [2.05, 4.69) is 38.0 Å². The Morgan fingerprint density at radius 2 is 1.75 bits per heavy atom. The summed E-state index contributed by atoms with van der Waals surface area (Å²) in [5.41, 5.74) is 3.00. The number of hydrogen-bond acceptors (Lipinski definition) is 5. The molecule has 5 nitrogen and oxygen atoms in total. The molecule has 7 heteroatoms. The summed E-state index contributed by atoms with van der Waals surface area (Å²) in [4.78, 5) is 21.8. The van der Waals surface area contributed by atoms with Crippen molar-refractivity contribution in [3.05, 3.63) is 63.5 Å². The molecule has 144 valence electrons. The second-order valence-corrected chi connectivity index (χ2v) is 8.46. The number of aliphatic imine (C=N–C) groups is 1. The fourth-order valence-electron chi connectivity index (χ4n) is 3.03. The van der Waals surface area contributed by atoms with Gasteiger partial charge in [0.15, 0.2) is 5.17 Å². The molecule has 2 aliphatic rings. The highest BCUT2D eigenvalue weighted by Gasteiger charge is 2.30. The normalized spacial score (nSPS) is 20.4. The molecule has 0 bridgehead atoms. The summed E-state index contributed by atoms with van der Waals surface area (Å²) in [7, 11) is 1.76. The molecule has 2 fully saturated rings. The minimum Gasteiger partial charge on any atom is -0.378 e. The number of likely N-dealkylation sites (N-methyl/N-ethyl adjacent to an activating group) is 1. The van der Waals surface area contributed by atoms with Crippen molar-refractivity contribution < 1.29 is 9.53 Å². The molecular formula is C21H20BrN3O2S. The molecule has 0 N–H and O–H groups in total. The van der Waals surface area contributed by atoms with Gasteiger partial charge in [-0.1, -0.05) is 28.1 Å². The maximum absolute atomic E-state index is 12.6. The molecule has 28 heavy (non-hydrogen) atoms. The van der Waals surface area contributed by atoms with E-state index < -0.39 is 0 Å². The molecule has 0 radical (unpaired) electrons. The number of amidine groups is 1. The standard InChI is InChI=1S/C21H20BrN3O2S/c1-24-20(26)19(14-15-2-4-16(22)5-3-15)28-21(24)23-17-6-8-18(9-7-17)25-10-12-27-13-11-25/h2-9,14H,10-13H2,1H3/b19-14-,23-21?. The van der Waals surface area contributed by atoms with Crippen molar-refractivity contribution in [1.82, 2.24) is 4.90 Å². The van der Waals surface area contributed by atoms with Gasteiger partial charge in [0.1, 0.15) is 0 Å². The zero-order valence-corrected chi connectivity index (χ0v) is 17.9. The first-order valence-corrected chi connectivity index (χ1v) is 10.7. The van der Waals surface area contributed by atoms with Gasteiger partial charge in [-0.15, -0.1) is 0 Å². The Kier molecular flexibility index (Phi) is 5.85. The summed E-state index contributed by atoms with van der Waals surface area (Å²) in [5, 5.41) is 0.687. The van der Waals surface area contributed by atoms with E-state index in [0.717, 1.165) is 42.0 Å². The lowest BCUT2D eigenvalue weighted by atomic mass is 10.2. The Morgan fingerprint density at radius 3 is 2.43 bits per heavy atom. The number of morpholine rings is 1. The first kappa shape index (κ1) is 19.2. The largest absolute Gasteiger partial charge is 0.378 e. The number of rotatable bonds is 3. The fraction of sp³-hybridized carbons (Fsp3) is 0.238. The van der Waals surface area contributed by atoms with Gasteiger partial charge in [-0.2, -0.15) is 0 Å². The van der Waals surface area contributed by atoms with E-state index >= 15 is 0 Å². The first-order chi connectivity index (χ1) is 13.6. The van der Waals surface area contributed by atoms with Gasteiger partial charge in [-0.25, -0.2) is 4.99 Å². The van der Waals surface area contributed by atoms with E-state index in [1.165, 1.54) is 17.4 Å². The van der Waals surface area contributed by atoms with Crippen LogP contribution in [-0.4, -0.2) is 49.3 Å². The number of carbonyl (C=O) groups excluding carboxylic acids is 1. The van der Waals surface area contributed by atoms with Crippen LogP contribution in [0.4, 0.5) is 11.4 Å². The lowest BCUT2D eigenvalue weighted by Crippen LogP contribution is -2.36. The Bertz CT molecular complexity index is 920. The summed E-state index contributed by atoms with van der Waals surface area (Å²) in [6.45, 7) is 3.35. The average Bonchev–Trinajstić information content (AvgIpc) is 2.99. The number of anilines is 1. The van der Waals surface area contributed by atoms with Gasteiger partial charge in [0.2, 0.25) is 0 Å². The molecule has 2 aromatic rings. The van der Waals surface area contributed by atoms with Crippen LogP contribution in [0.5, 0.6) is 0 Å². The van der Waals surface area contributed by atoms with Crippen LogP contribution < -0.4 is 4.90 Å². The molecular weight excluding hydrogens is 438 g/mol. The number of ether oxygens (including phenoxy) is 1. The molecule has 0 aliphatic carbocycles. The van der Waals surface area contributed by atoms with Crippen molar-refractivity contribution in [2.75, 3.05) is 38.3 Å². The zero-order valence-electron chi connectivity index (χ0n) is 15.5. The predicted octanol–water partition coefficient (Wildman–Crippen LogP) is 4.52. The SMILES string of the molecule is CN1C(=O)/C(=C/c2ccc(Br)cc2)SC1=Nc1ccc(N2CCOCC2)cc1. The second kappa shape index (κ2) is 8.51. The highest BCUT2D eigenvalue weighted by molar-refractivity contribution is 9.10. The third-order valence-electron chi connectivity index (χ3n) is 4.62. The van der Waals surface area contributed by atoms with Crippen molar-refractivity contribution in [3.8, 4) is 0 Å². The Morgan fingerprint density at radius 1 is 1.07 bits per heavy atom. The number of benzene rings is 2. The van der Waals surface area contributed by atoms with Crippen LogP contribution in [0.15, 0.2) is 62.9 Å². The molecule has 2 aliphatic heterocycles. The minimum atomic E-state index is -0.0309. The summed E-state index contributed by atoms with van der Waals surface area (Å²) >= 11 is 4.83. The average molecular weight is 458 g/mol. The highest BCUT2D eigenvalue weighted by Crippen LogP contribution is 2.33. The van der Waals surface area contributed by atoms with E-state index in [9.17, 15) is 4.79 Å². The zero-order chi connectivity index (χ0) is 19.5. The fourth-order valence-corrected chi connectivity index (χ4v) is 4.28. The van der Waals surface area contributed by atoms with Crippen LogP contribution in [0.2, 0.25) is 0 Å². The minimum absolute atomic E-state index is 0.0309. The maximum Gasteiger partial charge on any atom is 0.266 e. The Balaban J connectivity index is 1.51. The molecule has 0 atom stereocenters. The maximum atomic E-state index is 12.6. The number of hydrogen-bond donors (Lipinski definition) is 0. The van der Waals surface area contributed by atoms with Gasteiger partial charge in [0, 0.05) is 30.3 Å². The summed E-state index contributed by atoms with van der Waals surface area (Å²) in [6, 6.07) is 16.0. The topological polar surface area (TPSA) is 45.1 Å². The summed E-state index contributed by atoms with van der Waals surface area (Å²) in [5.74, 6) is -0.0309. The van der Waals surface area contributed by atoms with E-state index in [1.54, 1.807) is 11.9 Å². The first-order valence-electron chi connectivity index (χ1n) is 9.05. The van der Waals surface area contributed by atoms with E-state index in [0.29, 0.717) is 10.1 Å². The van der Waals surface area contributed by atoms with Crippen LogP contribution >= 0.6 is 27.7 Å². The molecule has 4 rings (SSSR count). The van der Waals surface area contributed by atoms with E-state index in [1.807, 2.05) is 42.5 Å².